The van der Waals surface area contributed by atoms with Gasteiger partial charge in [0.2, 0.25) is 0 Å². The Labute approximate surface area is 121 Å². The zero-order chi connectivity index (χ0) is 12.0. The molecule has 0 spiro atoms. The van der Waals surface area contributed by atoms with Crippen LogP contribution in [0.4, 0.5) is 5.69 Å². The third-order valence-electron chi connectivity index (χ3n) is 2.12. The maximum Gasteiger partial charge on any atom is 0.142 e. The highest BCUT2D eigenvalue weighted by molar-refractivity contribution is 5.85. The first kappa shape index (κ1) is 19.7. The van der Waals surface area contributed by atoms with Crippen LogP contribution in [0.25, 0.3) is 0 Å². The van der Waals surface area contributed by atoms with Crippen molar-refractivity contribution in [1.29, 1.82) is 0 Å². The molecule has 4 nitrogen and oxygen atoms in total. The van der Waals surface area contributed by atoms with Crippen LogP contribution < -0.4 is 10.5 Å². The first-order chi connectivity index (χ1) is 7.63. The van der Waals surface area contributed by atoms with Crippen molar-refractivity contribution in [3.05, 3.63) is 23.8 Å². The Kier molecular flexibility index (Phi) is 11.2. The van der Waals surface area contributed by atoms with Gasteiger partial charge in [0, 0.05) is 13.7 Å². The highest BCUT2D eigenvalue weighted by Gasteiger charge is 2.02. The van der Waals surface area contributed by atoms with Gasteiger partial charge in [-0.15, -0.1) is 24.8 Å². The van der Waals surface area contributed by atoms with Crippen molar-refractivity contribution >= 4 is 30.5 Å². The van der Waals surface area contributed by atoms with Crippen LogP contribution in [0.15, 0.2) is 18.2 Å². The molecule has 0 aliphatic rings. The second kappa shape index (κ2) is 10.3. The van der Waals surface area contributed by atoms with E-state index in [0.29, 0.717) is 18.9 Å². The number of hydrogen-bond donors (Lipinski definition) is 1. The van der Waals surface area contributed by atoms with Crippen molar-refractivity contribution in [2.24, 2.45) is 0 Å². The molecule has 0 saturated carbocycles. The van der Waals surface area contributed by atoms with Gasteiger partial charge in [-0.25, -0.2) is 0 Å². The van der Waals surface area contributed by atoms with Crippen molar-refractivity contribution < 1.29 is 9.47 Å². The molecular weight excluding hydrogens is 275 g/mol. The van der Waals surface area contributed by atoms with E-state index in [1.54, 1.807) is 7.11 Å². The zero-order valence-corrected chi connectivity index (χ0v) is 12.6. The maximum atomic E-state index is 5.89. The number of nitrogens with two attached hydrogens (primary N) is 1. The van der Waals surface area contributed by atoms with Crippen molar-refractivity contribution in [3.63, 3.8) is 0 Å². The topological polar surface area (TPSA) is 47.7 Å². The van der Waals surface area contributed by atoms with E-state index in [9.17, 15) is 0 Å². The summed E-state index contributed by atoms with van der Waals surface area (Å²) < 4.78 is 10.4. The predicted molar refractivity (Wildman–Crippen MR) is 80.1 cm³/mol. The van der Waals surface area contributed by atoms with Crippen LogP contribution in [0.1, 0.15) is 5.56 Å². The van der Waals surface area contributed by atoms with E-state index in [0.717, 1.165) is 12.3 Å². The van der Waals surface area contributed by atoms with Gasteiger partial charge in [0.1, 0.15) is 12.4 Å². The Morgan fingerprint density at radius 3 is 2.33 bits per heavy atom. The summed E-state index contributed by atoms with van der Waals surface area (Å²) >= 11 is 0. The summed E-state index contributed by atoms with van der Waals surface area (Å²) in [6.07, 6.45) is 0. The lowest BCUT2D eigenvalue weighted by Crippen LogP contribution is -2.11. The fraction of sp³-hybridized carbons (Fsp3) is 0.500. The molecule has 2 N–H and O–H groups in total. The smallest absolute Gasteiger partial charge is 0.142 e. The molecule has 0 fully saturated rings. The van der Waals surface area contributed by atoms with Crippen LogP contribution in [0.3, 0.4) is 0 Å². The van der Waals surface area contributed by atoms with Crippen molar-refractivity contribution in [3.8, 4) is 5.75 Å². The number of ether oxygens (including phenoxy) is 2. The lowest BCUT2D eigenvalue weighted by Gasteiger charge is -2.12. The minimum atomic E-state index is 0. The normalized spacial score (nSPS) is 9.56. The zero-order valence-electron chi connectivity index (χ0n) is 11.0. The lowest BCUT2D eigenvalue weighted by molar-refractivity contribution is 0.146. The summed E-state index contributed by atoms with van der Waals surface area (Å²) in [4.78, 5) is 2.10. The molecule has 0 aliphatic carbocycles. The van der Waals surface area contributed by atoms with Crippen LogP contribution in [0.5, 0.6) is 5.75 Å². The van der Waals surface area contributed by atoms with Crippen LogP contribution in [-0.2, 0) is 11.3 Å². The Bertz CT molecular complexity index is 336. The number of nitrogens with zero attached hydrogens (tertiary/aromatic N) is 1. The first-order valence-electron chi connectivity index (χ1n) is 5.28. The molecule has 1 aromatic carbocycles. The lowest BCUT2D eigenvalue weighted by atomic mass is 10.2. The standard InChI is InChI=1S/C12H20N2O2.2ClH/c1-14(2)9-10-4-5-12(11(13)8-10)16-7-6-15-3;;/h4-5,8H,6-7,9,13H2,1-3H3;2*1H. The molecule has 0 unspecified atom stereocenters. The third-order valence-corrected chi connectivity index (χ3v) is 2.12. The van der Waals surface area contributed by atoms with Gasteiger partial charge in [0.25, 0.3) is 0 Å². The second-order valence-corrected chi connectivity index (χ2v) is 3.95. The van der Waals surface area contributed by atoms with E-state index >= 15 is 0 Å². The predicted octanol–water partition coefficient (Wildman–Crippen LogP) is 2.20. The maximum absolute atomic E-state index is 5.89. The molecule has 0 radical (unpaired) electrons. The van der Waals surface area contributed by atoms with Crippen molar-refractivity contribution in [2.45, 2.75) is 6.54 Å². The number of rotatable bonds is 6. The summed E-state index contributed by atoms with van der Waals surface area (Å²) in [6.45, 7) is 1.97. The van der Waals surface area contributed by atoms with Gasteiger partial charge in [-0.05, 0) is 31.8 Å². The average Bonchev–Trinajstić information content (AvgIpc) is 2.20. The molecule has 0 atom stereocenters. The molecule has 0 aromatic heterocycles. The van der Waals surface area contributed by atoms with Crippen LogP contribution in [0, 0.1) is 0 Å². The molecule has 1 aromatic rings. The largest absolute Gasteiger partial charge is 0.489 e. The summed E-state index contributed by atoms with van der Waals surface area (Å²) in [5.41, 5.74) is 7.75. The number of methoxy groups -OCH3 is 1. The third kappa shape index (κ3) is 6.91. The fourth-order valence-electron chi connectivity index (χ4n) is 1.43. The SMILES string of the molecule is COCCOc1ccc(CN(C)C)cc1N.Cl.Cl. The van der Waals surface area contributed by atoms with Crippen LogP contribution in [0.2, 0.25) is 0 Å². The Balaban J connectivity index is 0. The molecule has 1 rings (SSSR count). The van der Waals surface area contributed by atoms with Gasteiger partial charge in [-0.1, -0.05) is 6.07 Å². The van der Waals surface area contributed by atoms with E-state index in [-0.39, 0.29) is 24.8 Å². The molecule has 18 heavy (non-hydrogen) atoms. The van der Waals surface area contributed by atoms with Gasteiger partial charge in [0.05, 0.1) is 12.3 Å². The molecule has 0 amide bonds. The Hall–Kier alpha value is -0.680. The summed E-state index contributed by atoms with van der Waals surface area (Å²) in [5.74, 6) is 0.722. The van der Waals surface area contributed by atoms with Crippen molar-refractivity contribution in [2.75, 3.05) is 40.2 Å². The summed E-state index contributed by atoms with van der Waals surface area (Å²) in [6, 6.07) is 5.88. The van der Waals surface area contributed by atoms with E-state index in [1.807, 2.05) is 32.3 Å². The monoisotopic (exact) mass is 296 g/mol. The minimum Gasteiger partial charge on any atom is -0.489 e. The minimum absolute atomic E-state index is 0. The first-order valence-corrected chi connectivity index (χ1v) is 5.28. The van der Waals surface area contributed by atoms with E-state index in [2.05, 4.69) is 4.90 Å². The summed E-state index contributed by atoms with van der Waals surface area (Å²) in [5, 5.41) is 0. The van der Waals surface area contributed by atoms with Crippen molar-refractivity contribution in [1.82, 2.24) is 4.90 Å². The van der Waals surface area contributed by atoms with Gasteiger partial charge in [-0.3, -0.25) is 0 Å². The molecule has 6 heteroatoms. The number of benzene rings is 1. The molecule has 0 saturated heterocycles. The number of halogens is 2. The van der Waals surface area contributed by atoms with E-state index in [1.165, 1.54) is 5.56 Å². The fourth-order valence-corrected chi connectivity index (χ4v) is 1.43. The molecule has 0 heterocycles. The molecule has 106 valence electrons. The quantitative estimate of drug-likeness (QED) is 0.646. The number of hydrogen-bond acceptors (Lipinski definition) is 4. The Morgan fingerprint density at radius 1 is 1.17 bits per heavy atom. The number of nitrogen functional groups attached to an aromatic ring is 1. The molecular formula is C12H22Cl2N2O2. The Morgan fingerprint density at radius 2 is 1.83 bits per heavy atom. The average molecular weight is 297 g/mol. The highest BCUT2D eigenvalue weighted by atomic mass is 35.5. The van der Waals surface area contributed by atoms with Gasteiger partial charge in [-0.2, -0.15) is 0 Å². The van der Waals surface area contributed by atoms with E-state index < -0.39 is 0 Å². The molecule has 0 bridgehead atoms. The highest BCUT2D eigenvalue weighted by Crippen LogP contribution is 2.22. The van der Waals surface area contributed by atoms with Gasteiger partial charge in [0.15, 0.2) is 0 Å². The second-order valence-electron chi connectivity index (χ2n) is 3.95. The van der Waals surface area contributed by atoms with Gasteiger partial charge >= 0.3 is 0 Å². The van der Waals surface area contributed by atoms with Crippen LogP contribution >= 0.6 is 24.8 Å². The molecule has 0 aliphatic heterocycles. The van der Waals surface area contributed by atoms with Gasteiger partial charge < -0.3 is 20.1 Å². The van der Waals surface area contributed by atoms with E-state index in [4.69, 9.17) is 15.2 Å². The summed E-state index contributed by atoms with van der Waals surface area (Å²) in [7, 11) is 5.70. The van der Waals surface area contributed by atoms with Crippen LogP contribution in [-0.4, -0.2) is 39.3 Å². The number of anilines is 1.